The molecule has 0 aromatic heterocycles. The Morgan fingerprint density at radius 1 is 0.974 bits per heavy atom. The van der Waals surface area contributed by atoms with Gasteiger partial charge in [-0.25, -0.2) is 4.39 Å². The number of carbonyl (C=O) groups excluding carboxylic acids is 1. The van der Waals surface area contributed by atoms with Gasteiger partial charge in [0, 0.05) is 12.6 Å². The molecule has 2 aliphatic heterocycles. The maximum absolute atomic E-state index is 13.3. The van der Waals surface area contributed by atoms with E-state index in [0.717, 1.165) is 56.8 Å². The number of halogens is 6. The first-order chi connectivity index (χ1) is 17.7. The van der Waals surface area contributed by atoms with Crippen LogP contribution in [0, 0.1) is 11.7 Å². The molecule has 3 aliphatic rings. The second-order valence-corrected chi connectivity index (χ2v) is 13.2. The largest absolute Gasteiger partial charge is 0.363 e. The molecule has 2 heterocycles. The standard InChI is InChI=1S/C27H32F6N2O2S/c28-23-8-4-20(5-9-23)21-11-14-35(15-12-21)24-10-13-27(37-18-24,22-6-7-22)26(36)34-17-19-2-1-3-25(16-19)38(29,30,31,32)33/h1-5,8-9,16,21-22,24H,6-7,10-15,17-18H2,(H,34,36). The summed E-state index contributed by atoms with van der Waals surface area (Å²) < 4.78 is 85.4. The van der Waals surface area contributed by atoms with Gasteiger partial charge in [-0.1, -0.05) is 43.7 Å². The summed E-state index contributed by atoms with van der Waals surface area (Å²) in [5.74, 6) is -0.216. The van der Waals surface area contributed by atoms with Crippen LogP contribution >= 0.6 is 10.2 Å². The van der Waals surface area contributed by atoms with Crippen molar-refractivity contribution in [2.45, 2.75) is 67.5 Å². The predicted molar refractivity (Wildman–Crippen MR) is 134 cm³/mol. The van der Waals surface area contributed by atoms with Crippen molar-refractivity contribution in [1.82, 2.24) is 10.2 Å². The first kappa shape index (κ1) is 27.3. The highest BCUT2D eigenvalue weighted by Crippen LogP contribution is 3.02. The van der Waals surface area contributed by atoms with Gasteiger partial charge in [-0.3, -0.25) is 9.69 Å². The van der Waals surface area contributed by atoms with Crippen LogP contribution in [-0.2, 0) is 16.1 Å². The molecule has 0 radical (unpaired) electrons. The number of ether oxygens (including phenoxy) is 1. The lowest BCUT2D eigenvalue weighted by atomic mass is 9.84. The van der Waals surface area contributed by atoms with Crippen molar-refractivity contribution < 1.29 is 33.4 Å². The van der Waals surface area contributed by atoms with Crippen LogP contribution in [0.2, 0.25) is 0 Å². The van der Waals surface area contributed by atoms with Gasteiger partial charge >= 0.3 is 10.2 Å². The normalized spacial score (nSPS) is 27.4. The maximum Gasteiger partial charge on any atom is 0.310 e. The Bertz CT molecular complexity index is 1170. The van der Waals surface area contributed by atoms with E-state index in [0.29, 0.717) is 31.1 Å². The zero-order valence-electron chi connectivity index (χ0n) is 20.9. The van der Waals surface area contributed by atoms with Gasteiger partial charge in [-0.15, -0.1) is 0 Å². The maximum atomic E-state index is 13.3. The minimum atomic E-state index is -9.80. The lowest BCUT2D eigenvalue weighted by Crippen LogP contribution is -2.57. The molecule has 5 rings (SSSR count). The van der Waals surface area contributed by atoms with Gasteiger partial charge < -0.3 is 10.1 Å². The molecule has 11 heteroatoms. The number of nitrogens with one attached hydrogen (secondary N) is 1. The molecule has 2 atom stereocenters. The quantitative estimate of drug-likeness (QED) is 0.360. The summed E-state index contributed by atoms with van der Waals surface area (Å²) in [6.07, 6.45) is 4.83. The van der Waals surface area contributed by atoms with Crippen LogP contribution in [0.4, 0.5) is 23.8 Å². The van der Waals surface area contributed by atoms with E-state index < -0.39 is 26.6 Å². The van der Waals surface area contributed by atoms with E-state index in [9.17, 15) is 28.6 Å². The SMILES string of the molecule is O=C(NCc1cccc(S(F)(F)(F)(F)F)c1)C1(C2CC2)CCC(N2CCC(c3ccc(F)cc3)CC2)CO1. The number of carbonyl (C=O) groups is 1. The number of likely N-dealkylation sites (tertiary alicyclic amines) is 1. The zero-order chi connectivity index (χ0) is 27.2. The molecule has 2 aromatic rings. The Balaban J connectivity index is 1.17. The summed E-state index contributed by atoms with van der Waals surface area (Å²) >= 11 is 0. The molecule has 38 heavy (non-hydrogen) atoms. The Morgan fingerprint density at radius 2 is 1.66 bits per heavy atom. The highest BCUT2D eigenvalue weighted by molar-refractivity contribution is 8.45. The first-order valence-electron chi connectivity index (χ1n) is 13.0. The fourth-order valence-corrected chi connectivity index (χ4v) is 6.58. The van der Waals surface area contributed by atoms with Crippen molar-refractivity contribution in [1.29, 1.82) is 0 Å². The third-order valence-corrected chi connectivity index (χ3v) is 9.33. The number of rotatable bonds is 7. The molecule has 3 fully saturated rings. The fourth-order valence-electron chi connectivity index (χ4n) is 5.87. The van der Waals surface area contributed by atoms with E-state index in [1.165, 1.54) is 18.2 Å². The number of nitrogens with zero attached hydrogens (tertiary/aromatic N) is 1. The van der Waals surface area contributed by atoms with E-state index in [2.05, 4.69) is 10.2 Å². The topological polar surface area (TPSA) is 41.6 Å². The molecule has 4 nitrogen and oxygen atoms in total. The Labute approximate surface area is 218 Å². The molecule has 0 spiro atoms. The van der Waals surface area contributed by atoms with Gasteiger partial charge in [0.2, 0.25) is 0 Å². The number of amides is 1. The summed E-state index contributed by atoms with van der Waals surface area (Å²) in [5.41, 5.74) is 0.0509. The summed E-state index contributed by atoms with van der Waals surface area (Å²) in [7, 11) is -9.80. The summed E-state index contributed by atoms with van der Waals surface area (Å²) in [6.45, 7) is 1.84. The first-order valence-corrected chi connectivity index (χ1v) is 14.9. The van der Waals surface area contributed by atoms with Crippen LogP contribution in [0.15, 0.2) is 53.4 Å². The van der Waals surface area contributed by atoms with E-state index in [4.69, 9.17) is 4.74 Å². The highest BCUT2D eigenvalue weighted by Gasteiger charge is 2.65. The van der Waals surface area contributed by atoms with Gasteiger partial charge in [-0.05, 0) is 98.8 Å². The second-order valence-electron chi connectivity index (χ2n) is 10.8. The van der Waals surface area contributed by atoms with Crippen LogP contribution in [0.1, 0.15) is 55.6 Å². The molecule has 2 unspecified atom stereocenters. The van der Waals surface area contributed by atoms with Crippen LogP contribution in [0.5, 0.6) is 0 Å². The van der Waals surface area contributed by atoms with Crippen LogP contribution < -0.4 is 5.32 Å². The average Bonchev–Trinajstić information content (AvgIpc) is 3.73. The smallest absolute Gasteiger partial charge is 0.310 e. The average molecular weight is 563 g/mol. The predicted octanol–water partition coefficient (Wildman–Crippen LogP) is 7.31. The van der Waals surface area contributed by atoms with E-state index in [1.807, 2.05) is 12.1 Å². The van der Waals surface area contributed by atoms with Crippen molar-refractivity contribution >= 4 is 16.1 Å². The van der Waals surface area contributed by atoms with Gasteiger partial charge in [-0.2, -0.15) is 0 Å². The van der Waals surface area contributed by atoms with E-state index in [1.54, 1.807) is 0 Å². The van der Waals surface area contributed by atoms with Gasteiger partial charge in [0.25, 0.3) is 5.91 Å². The van der Waals surface area contributed by atoms with Crippen LogP contribution in [-0.4, -0.2) is 42.1 Å². The van der Waals surface area contributed by atoms with Crippen LogP contribution in [0.25, 0.3) is 0 Å². The third-order valence-electron chi connectivity index (χ3n) is 8.19. The number of hydrogen-bond acceptors (Lipinski definition) is 3. The van der Waals surface area contributed by atoms with Crippen molar-refractivity contribution in [3.8, 4) is 0 Å². The Kier molecular flexibility index (Phi) is 6.59. The summed E-state index contributed by atoms with van der Waals surface area (Å²) in [6, 6.07) is 9.78. The monoisotopic (exact) mass is 562 g/mol. The zero-order valence-corrected chi connectivity index (χ0v) is 21.7. The van der Waals surface area contributed by atoms with Crippen molar-refractivity contribution in [2.75, 3.05) is 19.7 Å². The summed E-state index contributed by atoms with van der Waals surface area (Å²) in [4.78, 5) is 13.7. The van der Waals surface area contributed by atoms with Gasteiger partial charge in [0.1, 0.15) is 16.3 Å². The van der Waals surface area contributed by atoms with E-state index in [-0.39, 0.29) is 29.9 Å². The van der Waals surface area contributed by atoms with Crippen LogP contribution in [0.3, 0.4) is 0 Å². The van der Waals surface area contributed by atoms with Crippen molar-refractivity contribution in [3.63, 3.8) is 0 Å². The molecule has 1 aliphatic carbocycles. The van der Waals surface area contributed by atoms with Gasteiger partial charge in [0.15, 0.2) is 0 Å². The molecule has 0 bridgehead atoms. The number of benzene rings is 2. The molecule has 2 saturated heterocycles. The van der Waals surface area contributed by atoms with E-state index >= 15 is 0 Å². The van der Waals surface area contributed by atoms with Gasteiger partial charge in [0.05, 0.1) is 6.61 Å². The summed E-state index contributed by atoms with van der Waals surface area (Å²) in [5, 5.41) is 2.65. The Morgan fingerprint density at radius 3 is 2.24 bits per heavy atom. The minimum Gasteiger partial charge on any atom is -0.363 e. The minimum absolute atomic E-state index is 0.0451. The lowest BCUT2D eigenvalue weighted by Gasteiger charge is -2.45. The molecular formula is C27H32F6N2O2S. The van der Waals surface area contributed by atoms with Crippen molar-refractivity contribution in [3.05, 3.63) is 65.5 Å². The second kappa shape index (κ2) is 9.16. The Hall–Kier alpha value is -2.24. The fraction of sp³-hybridized carbons (Fsp3) is 0.519. The number of hydrogen-bond donors (Lipinski definition) is 1. The molecule has 2 aromatic carbocycles. The molecule has 1 N–H and O–H groups in total. The van der Waals surface area contributed by atoms with Crippen molar-refractivity contribution in [2.24, 2.45) is 5.92 Å². The molecular weight excluding hydrogens is 530 g/mol. The highest BCUT2D eigenvalue weighted by atomic mass is 32.5. The lowest BCUT2D eigenvalue weighted by molar-refractivity contribution is -0.165. The molecule has 1 saturated carbocycles. The molecule has 210 valence electrons. The third kappa shape index (κ3) is 5.99. The molecule has 1 amide bonds. The number of piperidine rings is 1.